The number of esters is 1. The summed E-state index contributed by atoms with van der Waals surface area (Å²) in [6.45, 7) is 5.93. The maximum Gasteiger partial charge on any atom is 0.343 e. The van der Waals surface area contributed by atoms with Crippen molar-refractivity contribution in [1.82, 2.24) is 0 Å². The molecule has 0 bridgehead atoms. The third kappa shape index (κ3) is 6.41. The van der Waals surface area contributed by atoms with Crippen LogP contribution in [0.1, 0.15) is 30.6 Å². The zero-order valence-corrected chi connectivity index (χ0v) is 15.6. The van der Waals surface area contributed by atoms with E-state index in [0.717, 1.165) is 12.2 Å². The number of carbonyl (C=O) groups is 1. The first kappa shape index (κ1) is 19.8. The van der Waals surface area contributed by atoms with Crippen molar-refractivity contribution in [1.29, 1.82) is 0 Å². The lowest BCUT2D eigenvalue weighted by molar-refractivity contribution is 0.0734. The Hall–Kier alpha value is -2.53. The van der Waals surface area contributed by atoms with Crippen molar-refractivity contribution in [2.45, 2.75) is 20.3 Å². The molecule has 0 N–H and O–H groups in total. The van der Waals surface area contributed by atoms with Gasteiger partial charge in [0.25, 0.3) is 0 Å². The van der Waals surface area contributed by atoms with Gasteiger partial charge in [-0.25, -0.2) is 4.79 Å². The molecule has 0 aromatic heterocycles. The Labute approximate surface area is 154 Å². The van der Waals surface area contributed by atoms with Crippen LogP contribution < -0.4 is 14.2 Å². The SMILES string of the molecule is CCC(C)COc1ccc(C(=O)Oc2ccc(OCCOC)cc2)cc1. The maximum atomic E-state index is 12.2. The highest BCUT2D eigenvalue weighted by molar-refractivity contribution is 5.91. The van der Waals surface area contributed by atoms with E-state index < -0.39 is 5.97 Å². The molecule has 1 unspecified atom stereocenters. The van der Waals surface area contributed by atoms with Gasteiger partial charge in [-0.1, -0.05) is 20.3 Å². The van der Waals surface area contributed by atoms with E-state index in [9.17, 15) is 4.79 Å². The largest absolute Gasteiger partial charge is 0.493 e. The quantitative estimate of drug-likeness (QED) is 0.359. The van der Waals surface area contributed by atoms with Crippen LogP contribution in [-0.2, 0) is 4.74 Å². The summed E-state index contributed by atoms with van der Waals surface area (Å²) in [7, 11) is 1.62. The fourth-order valence-corrected chi connectivity index (χ4v) is 2.06. The first-order valence-electron chi connectivity index (χ1n) is 8.79. The third-order valence-corrected chi connectivity index (χ3v) is 3.91. The average Bonchev–Trinajstić information content (AvgIpc) is 2.68. The van der Waals surface area contributed by atoms with E-state index in [1.165, 1.54) is 0 Å². The van der Waals surface area contributed by atoms with E-state index in [1.807, 2.05) is 0 Å². The van der Waals surface area contributed by atoms with E-state index in [1.54, 1.807) is 55.6 Å². The van der Waals surface area contributed by atoms with Crippen LogP contribution in [0.5, 0.6) is 17.2 Å². The molecule has 2 aromatic carbocycles. The molecule has 0 amide bonds. The van der Waals surface area contributed by atoms with Crippen molar-refractivity contribution in [3.05, 3.63) is 54.1 Å². The van der Waals surface area contributed by atoms with Gasteiger partial charge < -0.3 is 18.9 Å². The molecule has 5 heteroatoms. The lowest BCUT2D eigenvalue weighted by atomic mass is 10.1. The molecule has 140 valence electrons. The lowest BCUT2D eigenvalue weighted by Gasteiger charge is -2.11. The molecule has 26 heavy (non-hydrogen) atoms. The normalized spacial score (nSPS) is 11.7. The lowest BCUT2D eigenvalue weighted by Crippen LogP contribution is -2.09. The van der Waals surface area contributed by atoms with Crippen molar-refractivity contribution in [3.63, 3.8) is 0 Å². The van der Waals surface area contributed by atoms with E-state index in [0.29, 0.717) is 42.8 Å². The van der Waals surface area contributed by atoms with Crippen molar-refractivity contribution < 1.29 is 23.7 Å². The second-order valence-electron chi connectivity index (χ2n) is 6.05. The first-order valence-corrected chi connectivity index (χ1v) is 8.79. The molecule has 0 radical (unpaired) electrons. The Morgan fingerprint density at radius 1 is 0.885 bits per heavy atom. The van der Waals surface area contributed by atoms with Crippen LogP contribution in [0.25, 0.3) is 0 Å². The molecule has 0 spiro atoms. The van der Waals surface area contributed by atoms with Gasteiger partial charge >= 0.3 is 5.97 Å². The van der Waals surface area contributed by atoms with E-state index in [-0.39, 0.29) is 0 Å². The summed E-state index contributed by atoms with van der Waals surface area (Å²) in [5.74, 6) is 2.00. The van der Waals surface area contributed by atoms with Crippen LogP contribution in [0.2, 0.25) is 0 Å². The summed E-state index contributed by atoms with van der Waals surface area (Å²) in [6, 6.07) is 13.9. The molecule has 0 saturated heterocycles. The van der Waals surface area contributed by atoms with Crippen LogP contribution in [0.15, 0.2) is 48.5 Å². The predicted octanol–water partition coefficient (Wildman–Crippen LogP) is 4.36. The molecule has 0 heterocycles. The summed E-state index contributed by atoms with van der Waals surface area (Å²) in [5.41, 5.74) is 0.473. The van der Waals surface area contributed by atoms with Gasteiger partial charge in [0.05, 0.1) is 18.8 Å². The fraction of sp³-hybridized carbons (Fsp3) is 0.381. The molecule has 0 fully saturated rings. The second kappa shape index (κ2) is 10.5. The number of carbonyl (C=O) groups excluding carboxylic acids is 1. The van der Waals surface area contributed by atoms with Gasteiger partial charge in [-0.3, -0.25) is 0 Å². The van der Waals surface area contributed by atoms with Crippen LogP contribution in [0.3, 0.4) is 0 Å². The topological polar surface area (TPSA) is 54.0 Å². The number of rotatable bonds is 10. The van der Waals surface area contributed by atoms with Gasteiger partial charge in [-0.2, -0.15) is 0 Å². The molecule has 2 rings (SSSR count). The summed E-state index contributed by atoms with van der Waals surface area (Å²) >= 11 is 0. The van der Waals surface area contributed by atoms with E-state index in [2.05, 4.69) is 13.8 Å². The zero-order chi connectivity index (χ0) is 18.8. The number of methoxy groups -OCH3 is 1. The molecule has 5 nitrogen and oxygen atoms in total. The summed E-state index contributed by atoms with van der Waals surface area (Å²) in [4.78, 5) is 12.2. The Kier molecular flexibility index (Phi) is 7.96. The number of ether oxygens (including phenoxy) is 4. The van der Waals surface area contributed by atoms with Gasteiger partial charge in [0.1, 0.15) is 23.9 Å². The van der Waals surface area contributed by atoms with Crippen molar-refractivity contribution in [3.8, 4) is 17.2 Å². The van der Waals surface area contributed by atoms with Gasteiger partial charge in [0.2, 0.25) is 0 Å². The molecular weight excluding hydrogens is 332 g/mol. The van der Waals surface area contributed by atoms with Gasteiger partial charge in [-0.15, -0.1) is 0 Å². The minimum absolute atomic E-state index is 0.411. The standard InChI is InChI=1S/C21H26O5/c1-4-16(2)15-25-19-7-5-17(6-8-19)21(22)26-20-11-9-18(10-12-20)24-14-13-23-3/h5-12,16H,4,13-15H2,1-3H3. The Bertz CT molecular complexity index is 664. The van der Waals surface area contributed by atoms with Crippen LogP contribution in [0, 0.1) is 5.92 Å². The van der Waals surface area contributed by atoms with Crippen molar-refractivity contribution >= 4 is 5.97 Å². The summed E-state index contributed by atoms with van der Waals surface area (Å²) in [6.07, 6.45) is 1.07. The highest BCUT2D eigenvalue weighted by Gasteiger charge is 2.09. The first-order chi connectivity index (χ1) is 12.6. The van der Waals surface area contributed by atoms with E-state index >= 15 is 0 Å². The highest BCUT2D eigenvalue weighted by atomic mass is 16.5. The van der Waals surface area contributed by atoms with Crippen LogP contribution in [-0.4, -0.2) is 32.9 Å². The Morgan fingerprint density at radius 2 is 1.46 bits per heavy atom. The molecule has 0 saturated carbocycles. The zero-order valence-electron chi connectivity index (χ0n) is 15.6. The summed E-state index contributed by atoms with van der Waals surface area (Å²) < 4.78 is 21.5. The third-order valence-electron chi connectivity index (χ3n) is 3.91. The van der Waals surface area contributed by atoms with Crippen LogP contribution >= 0.6 is 0 Å². The number of hydrogen-bond donors (Lipinski definition) is 0. The molecule has 1 atom stereocenters. The minimum atomic E-state index is -0.411. The minimum Gasteiger partial charge on any atom is -0.493 e. The van der Waals surface area contributed by atoms with Crippen LogP contribution in [0.4, 0.5) is 0 Å². The summed E-state index contributed by atoms with van der Waals surface area (Å²) in [5, 5.41) is 0. The van der Waals surface area contributed by atoms with E-state index in [4.69, 9.17) is 18.9 Å². The molecular formula is C21H26O5. The highest BCUT2D eigenvalue weighted by Crippen LogP contribution is 2.20. The molecule has 0 aliphatic rings. The second-order valence-corrected chi connectivity index (χ2v) is 6.05. The van der Waals surface area contributed by atoms with Gasteiger partial charge in [0, 0.05) is 7.11 Å². The smallest absolute Gasteiger partial charge is 0.343 e. The molecule has 2 aromatic rings. The van der Waals surface area contributed by atoms with Crippen molar-refractivity contribution in [2.24, 2.45) is 5.92 Å². The fourth-order valence-electron chi connectivity index (χ4n) is 2.06. The molecule has 0 aliphatic heterocycles. The Morgan fingerprint density at radius 3 is 2.08 bits per heavy atom. The monoisotopic (exact) mass is 358 g/mol. The Balaban J connectivity index is 1.86. The maximum absolute atomic E-state index is 12.2. The average molecular weight is 358 g/mol. The number of hydrogen-bond acceptors (Lipinski definition) is 5. The van der Waals surface area contributed by atoms with Gasteiger partial charge in [-0.05, 0) is 54.4 Å². The van der Waals surface area contributed by atoms with Gasteiger partial charge in [0.15, 0.2) is 0 Å². The predicted molar refractivity (Wildman–Crippen MR) is 100 cm³/mol. The number of benzene rings is 2. The molecule has 0 aliphatic carbocycles. The van der Waals surface area contributed by atoms with Crippen molar-refractivity contribution in [2.75, 3.05) is 26.9 Å².